The maximum atomic E-state index is 12.4. The SMILES string of the molecule is N#C[C@H]1[C@@H](c2ccc(/C=C/c3ccccc3)cc2)[C@@H](CO)N1C(=O)C1CC1. The molecule has 2 fully saturated rings. The molecule has 4 rings (SSSR count). The lowest BCUT2D eigenvalue weighted by atomic mass is 9.75. The van der Waals surface area contributed by atoms with Crippen molar-refractivity contribution in [3.8, 4) is 6.07 Å². The van der Waals surface area contributed by atoms with Crippen LogP contribution in [0.1, 0.15) is 35.4 Å². The highest BCUT2D eigenvalue weighted by Crippen LogP contribution is 2.44. The van der Waals surface area contributed by atoms with Crippen LogP contribution in [0.3, 0.4) is 0 Å². The van der Waals surface area contributed by atoms with Gasteiger partial charge in [0.2, 0.25) is 5.91 Å². The number of rotatable bonds is 5. The lowest BCUT2D eigenvalue weighted by molar-refractivity contribution is -0.148. The smallest absolute Gasteiger partial charge is 0.227 e. The average Bonchev–Trinajstić information content (AvgIpc) is 3.53. The number of hydrogen-bond acceptors (Lipinski definition) is 3. The molecule has 1 amide bonds. The van der Waals surface area contributed by atoms with E-state index in [9.17, 15) is 15.2 Å². The number of benzene rings is 2. The van der Waals surface area contributed by atoms with Gasteiger partial charge in [-0.25, -0.2) is 0 Å². The van der Waals surface area contributed by atoms with Crippen LogP contribution in [0.25, 0.3) is 12.2 Å². The molecule has 0 bridgehead atoms. The van der Waals surface area contributed by atoms with Crippen LogP contribution in [0.15, 0.2) is 54.6 Å². The quantitative estimate of drug-likeness (QED) is 0.833. The Hall–Kier alpha value is -2.90. The van der Waals surface area contributed by atoms with Crippen molar-refractivity contribution in [2.75, 3.05) is 6.61 Å². The largest absolute Gasteiger partial charge is 0.394 e. The monoisotopic (exact) mass is 358 g/mol. The van der Waals surface area contributed by atoms with Gasteiger partial charge >= 0.3 is 0 Å². The van der Waals surface area contributed by atoms with Gasteiger partial charge in [0, 0.05) is 11.8 Å². The number of aliphatic hydroxyl groups excluding tert-OH is 1. The van der Waals surface area contributed by atoms with Gasteiger partial charge in [-0.2, -0.15) is 5.26 Å². The Morgan fingerprint density at radius 2 is 1.70 bits per heavy atom. The summed E-state index contributed by atoms with van der Waals surface area (Å²) in [5.41, 5.74) is 3.21. The molecule has 136 valence electrons. The van der Waals surface area contributed by atoms with Gasteiger partial charge in [0.1, 0.15) is 6.04 Å². The summed E-state index contributed by atoms with van der Waals surface area (Å²) in [6, 6.07) is 19.6. The minimum atomic E-state index is -0.485. The zero-order chi connectivity index (χ0) is 18.8. The summed E-state index contributed by atoms with van der Waals surface area (Å²) in [6.07, 6.45) is 5.91. The standard InChI is InChI=1S/C23H22N2O2/c24-14-20-22(21(15-26)25(20)23(27)19-12-13-19)18-10-8-17(9-11-18)7-6-16-4-2-1-3-5-16/h1-11,19-22,26H,12-13,15H2/b7-6+/t20-,21+,22+/m0/s1. The summed E-state index contributed by atoms with van der Waals surface area (Å²) in [5.74, 6) is -0.0459. The minimum Gasteiger partial charge on any atom is -0.394 e. The van der Waals surface area contributed by atoms with Crippen LogP contribution in [0.2, 0.25) is 0 Å². The van der Waals surface area contributed by atoms with E-state index in [2.05, 4.69) is 12.1 Å². The number of aliphatic hydroxyl groups is 1. The first kappa shape index (κ1) is 17.5. The van der Waals surface area contributed by atoms with E-state index >= 15 is 0 Å². The van der Waals surface area contributed by atoms with Crippen molar-refractivity contribution in [3.05, 3.63) is 71.3 Å². The van der Waals surface area contributed by atoms with Crippen LogP contribution in [0.5, 0.6) is 0 Å². The molecular weight excluding hydrogens is 336 g/mol. The Bertz CT molecular complexity index is 879. The van der Waals surface area contributed by atoms with Gasteiger partial charge in [-0.15, -0.1) is 0 Å². The highest BCUT2D eigenvalue weighted by molar-refractivity contribution is 5.83. The van der Waals surface area contributed by atoms with E-state index in [0.717, 1.165) is 29.5 Å². The summed E-state index contributed by atoms with van der Waals surface area (Å²) in [6.45, 7) is -0.114. The van der Waals surface area contributed by atoms with E-state index in [1.54, 1.807) is 4.90 Å². The normalized spacial score (nSPS) is 24.4. The number of nitriles is 1. The lowest BCUT2D eigenvalue weighted by Gasteiger charge is -2.51. The van der Waals surface area contributed by atoms with E-state index < -0.39 is 6.04 Å². The van der Waals surface area contributed by atoms with Crippen LogP contribution < -0.4 is 0 Å². The maximum Gasteiger partial charge on any atom is 0.227 e. The average molecular weight is 358 g/mol. The number of amides is 1. The summed E-state index contributed by atoms with van der Waals surface area (Å²) < 4.78 is 0. The van der Waals surface area contributed by atoms with Gasteiger partial charge in [0.25, 0.3) is 0 Å². The topological polar surface area (TPSA) is 64.3 Å². The summed E-state index contributed by atoms with van der Waals surface area (Å²) in [5, 5.41) is 19.4. The second kappa shape index (κ2) is 7.38. The molecule has 1 N–H and O–H groups in total. The number of nitrogens with zero attached hydrogens (tertiary/aromatic N) is 2. The predicted octanol–water partition coefficient (Wildman–Crippen LogP) is 3.45. The third-order valence-corrected chi connectivity index (χ3v) is 5.50. The fourth-order valence-electron chi connectivity index (χ4n) is 3.84. The van der Waals surface area contributed by atoms with Crippen molar-refractivity contribution in [1.29, 1.82) is 5.26 Å². The second-order valence-electron chi connectivity index (χ2n) is 7.28. The summed E-state index contributed by atoms with van der Waals surface area (Å²) in [7, 11) is 0. The Kier molecular flexibility index (Phi) is 4.79. The van der Waals surface area contributed by atoms with Crippen molar-refractivity contribution in [2.24, 2.45) is 5.92 Å². The number of carbonyl (C=O) groups is 1. The molecule has 1 saturated heterocycles. The molecular formula is C23H22N2O2. The van der Waals surface area contributed by atoms with Crippen LogP contribution in [-0.4, -0.2) is 34.6 Å². The van der Waals surface area contributed by atoms with E-state index in [4.69, 9.17) is 0 Å². The van der Waals surface area contributed by atoms with Gasteiger partial charge in [-0.1, -0.05) is 66.7 Å². The van der Waals surface area contributed by atoms with Crippen LogP contribution >= 0.6 is 0 Å². The predicted molar refractivity (Wildman–Crippen MR) is 104 cm³/mol. The number of likely N-dealkylation sites (tertiary alicyclic amines) is 1. The Morgan fingerprint density at radius 1 is 1.07 bits per heavy atom. The molecule has 0 aromatic heterocycles. The molecule has 2 aliphatic rings. The number of hydrogen-bond donors (Lipinski definition) is 1. The summed E-state index contributed by atoms with van der Waals surface area (Å²) in [4.78, 5) is 14.0. The van der Waals surface area contributed by atoms with Gasteiger partial charge in [-0.3, -0.25) is 4.79 Å². The third kappa shape index (κ3) is 3.39. The minimum absolute atomic E-state index is 0.0271. The number of carbonyl (C=O) groups excluding carboxylic acids is 1. The molecule has 1 aliphatic carbocycles. The zero-order valence-corrected chi connectivity index (χ0v) is 15.0. The molecule has 4 heteroatoms. The van der Waals surface area contributed by atoms with Crippen LogP contribution in [-0.2, 0) is 4.79 Å². The summed E-state index contributed by atoms with van der Waals surface area (Å²) >= 11 is 0. The molecule has 3 atom stereocenters. The molecule has 1 aliphatic heterocycles. The fourth-order valence-corrected chi connectivity index (χ4v) is 3.84. The van der Waals surface area contributed by atoms with Crippen molar-refractivity contribution < 1.29 is 9.90 Å². The lowest BCUT2D eigenvalue weighted by Crippen LogP contribution is -2.65. The molecule has 0 unspecified atom stereocenters. The molecule has 0 radical (unpaired) electrons. The first-order valence-electron chi connectivity index (χ1n) is 9.38. The van der Waals surface area contributed by atoms with Gasteiger partial charge < -0.3 is 10.0 Å². The van der Waals surface area contributed by atoms with Gasteiger partial charge in [0.05, 0.1) is 18.7 Å². The van der Waals surface area contributed by atoms with Crippen molar-refractivity contribution >= 4 is 18.1 Å². The molecule has 2 aromatic rings. The van der Waals surface area contributed by atoms with Crippen LogP contribution in [0, 0.1) is 17.2 Å². The molecule has 1 heterocycles. The highest BCUT2D eigenvalue weighted by atomic mass is 16.3. The third-order valence-electron chi connectivity index (χ3n) is 5.50. The van der Waals surface area contributed by atoms with Crippen LogP contribution in [0.4, 0.5) is 0 Å². The highest BCUT2D eigenvalue weighted by Gasteiger charge is 2.53. The van der Waals surface area contributed by atoms with Crippen molar-refractivity contribution in [2.45, 2.75) is 30.8 Å². The molecule has 0 spiro atoms. The van der Waals surface area contributed by atoms with Gasteiger partial charge in [-0.05, 0) is 29.5 Å². The Morgan fingerprint density at radius 3 is 2.26 bits per heavy atom. The fraction of sp³-hybridized carbons (Fsp3) is 0.304. The first-order valence-corrected chi connectivity index (χ1v) is 9.38. The van der Waals surface area contributed by atoms with E-state index in [0.29, 0.717) is 0 Å². The molecule has 2 aromatic carbocycles. The molecule has 4 nitrogen and oxygen atoms in total. The zero-order valence-electron chi connectivity index (χ0n) is 15.0. The first-order chi connectivity index (χ1) is 13.2. The van der Waals surface area contributed by atoms with Gasteiger partial charge in [0.15, 0.2) is 0 Å². The Labute approximate surface area is 159 Å². The van der Waals surface area contributed by atoms with E-state index in [-0.39, 0.29) is 30.4 Å². The van der Waals surface area contributed by atoms with Crippen molar-refractivity contribution in [1.82, 2.24) is 4.90 Å². The maximum absolute atomic E-state index is 12.4. The second-order valence-corrected chi connectivity index (χ2v) is 7.28. The molecule has 1 saturated carbocycles. The Balaban J connectivity index is 1.50. The molecule has 27 heavy (non-hydrogen) atoms. The van der Waals surface area contributed by atoms with E-state index in [1.165, 1.54) is 0 Å². The van der Waals surface area contributed by atoms with E-state index in [1.807, 2.05) is 60.7 Å². The van der Waals surface area contributed by atoms with Crippen molar-refractivity contribution in [3.63, 3.8) is 0 Å².